The van der Waals surface area contributed by atoms with E-state index in [1.54, 1.807) is 9.80 Å². The Labute approximate surface area is 235 Å². The smallest absolute Gasteiger partial charge is 0.326 e. The maximum absolute atomic E-state index is 13.5. The number of rotatable bonds is 13. The molecule has 40 heavy (non-hydrogen) atoms. The molecule has 2 fully saturated rings. The summed E-state index contributed by atoms with van der Waals surface area (Å²) >= 11 is 0. The molecule has 0 radical (unpaired) electrons. The van der Waals surface area contributed by atoms with Gasteiger partial charge >= 0.3 is 12.0 Å². The summed E-state index contributed by atoms with van der Waals surface area (Å²) in [7, 11) is 1.46. The molecule has 3 atom stereocenters. The Balaban J connectivity index is 1.58. The molecule has 1 aromatic rings. The molecule has 11 nitrogen and oxygen atoms in total. The predicted molar refractivity (Wildman–Crippen MR) is 147 cm³/mol. The van der Waals surface area contributed by atoms with Crippen LogP contribution in [-0.2, 0) is 20.8 Å². The molecule has 4 rings (SSSR count). The van der Waals surface area contributed by atoms with Crippen molar-refractivity contribution in [2.24, 2.45) is 5.92 Å². The molecule has 2 saturated heterocycles. The van der Waals surface area contributed by atoms with Crippen LogP contribution in [0.4, 0.5) is 4.79 Å². The fourth-order valence-electron chi connectivity index (χ4n) is 6.18. The minimum Gasteiger partial charge on any atom is -0.493 e. The second kappa shape index (κ2) is 13.5. The summed E-state index contributed by atoms with van der Waals surface area (Å²) in [6, 6.07) is 5.01. The quantitative estimate of drug-likeness (QED) is 0.375. The van der Waals surface area contributed by atoms with Gasteiger partial charge in [-0.15, -0.1) is 0 Å². The lowest BCUT2D eigenvalue weighted by Crippen LogP contribution is -2.52. The number of fused-ring (bicyclic) bond motifs is 1. The molecule has 2 N–H and O–H groups in total. The van der Waals surface area contributed by atoms with Crippen molar-refractivity contribution in [2.45, 2.75) is 57.4 Å². The number of aliphatic hydroxyl groups excluding tert-OH is 1. The van der Waals surface area contributed by atoms with Gasteiger partial charge in [-0.1, -0.05) is 25.5 Å². The number of amides is 4. The van der Waals surface area contributed by atoms with Gasteiger partial charge < -0.3 is 24.7 Å². The van der Waals surface area contributed by atoms with E-state index in [2.05, 4.69) is 6.92 Å². The molecule has 4 amide bonds. The Hall–Kier alpha value is -3.18. The van der Waals surface area contributed by atoms with Crippen LogP contribution in [0.25, 0.3) is 0 Å². The predicted octanol–water partition coefficient (Wildman–Crippen LogP) is 1.78. The Morgan fingerprint density at radius 3 is 2.65 bits per heavy atom. The highest BCUT2D eigenvalue weighted by atomic mass is 16.5. The van der Waals surface area contributed by atoms with Crippen molar-refractivity contribution >= 4 is 23.8 Å². The Morgan fingerprint density at radius 1 is 1.15 bits per heavy atom. The molecule has 11 heteroatoms. The molecule has 0 unspecified atom stereocenters. The minimum atomic E-state index is -0.929. The fraction of sp³-hybridized carbons (Fsp3) is 0.655. The van der Waals surface area contributed by atoms with Crippen molar-refractivity contribution < 1.29 is 34.1 Å². The van der Waals surface area contributed by atoms with E-state index in [1.807, 2.05) is 23.1 Å². The lowest BCUT2D eigenvalue weighted by atomic mass is 9.83. The number of carboxylic acids is 1. The third kappa shape index (κ3) is 6.58. The van der Waals surface area contributed by atoms with E-state index in [4.69, 9.17) is 4.74 Å². The largest absolute Gasteiger partial charge is 0.493 e. The zero-order valence-electron chi connectivity index (χ0n) is 23.6. The van der Waals surface area contributed by atoms with Gasteiger partial charge in [0.05, 0.1) is 19.1 Å². The number of aliphatic hydroxyl groups is 1. The number of carboxylic acid groups (broad SMARTS) is 1. The highest BCUT2D eigenvalue weighted by Gasteiger charge is 2.47. The lowest BCUT2D eigenvalue weighted by molar-refractivity contribution is -0.144. The minimum absolute atomic E-state index is 0.00569. The van der Waals surface area contributed by atoms with Gasteiger partial charge in [0.1, 0.15) is 5.75 Å². The SMILES string of the molecule is CCCCN(CCCO)C(=O)CN1C[C@H](c2ccc3c(c2)CCO3)[C@@H](C(=O)O)[C@@H]1CCN1CCC(=O)N(C)C1=O. The zero-order valence-corrected chi connectivity index (χ0v) is 23.6. The number of carbonyl (C=O) groups excluding carboxylic acids is 3. The van der Waals surface area contributed by atoms with Gasteiger partial charge in [0.25, 0.3) is 0 Å². The Bertz CT molecular complexity index is 1090. The van der Waals surface area contributed by atoms with Crippen molar-refractivity contribution in [3.05, 3.63) is 29.3 Å². The summed E-state index contributed by atoms with van der Waals surface area (Å²) in [6.07, 6.45) is 3.64. The molecule has 220 valence electrons. The van der Waals surface area contributed by atoms with Gasteiger partial charge in [0, 0.05) is 71.2 Å². The van der Waals surface area contributed by atoms with Crippen LogP contribution in [0.5, 0.6) is 5.75 Å². The molecule has 0 bridgehead atoms. The van der Waals surface area contributed by atoms with Crippen molar-refractivity contribution in [2.75, 3.05) is 59.5 Å². The van der Waals surface area contributed by atoms with E-state index in [9.17, 15) is 29.4 Å². The van der Waals surface area contributed by atoms with Gasteiger partial charge in [-0.05, 0) is 36.5 Å². The first-order valence-corrected chi connectivity index (χ1v) is 14.4. The van der Waals surface area contributed by atoms with Gasteiger partial charge in [-0.2, -0.15) is 0 Å². The topological polar surface area (TPSA) is 131 Å². The Kier molecular flexibility index (Phi) is 10.0. The number of hydrogen-bond acceptors (Lipinski definition) is 7. The van der Waals surface area contributed by atoms with Crippen LogP contribution >= 0.6 is 0 Å². The standard InChI is InChI=1S/C29H42N4O7/c1-3-4-11-31(12-5-15-34)26(36)19-33-18-22(20-6-7-24-21(17-20)10-16-40-24)27(28(37)38)23(33)8-13-32-14-9-25(35)30(2)29(32)39/h6-7,17,22-23,27,34H,3-5,8-16,18-19H2,1-2H3,(H,37,38)/t22-,23+,27-/m1/s1. The van der Waals surface area contributed by atoms with Crippen molar-refractivity contribution in [1.29, 1.82) is 0 Å². The average Bonchev–Trinajstić information content (AvgIpc) is 3.55. The number of imide groups is 1. The van der Waals surface area contributed by atoms with Gasteiger partial charge in [0.15, 0.2) is 0 Å². The van der Waals surface area contributed by atoms with Gasteiger partial charge in [-0.3, -0.25) is 24.2 Å². The molecule has 1 aromatic carbocycles. The van der Waals surface area contributed by atoms with E-state index in [-0.39, 0.29) is 43.3 Å². The van der Waals surface area contributed by atoms with Crippen molar-refractivity contribution in [1.82, 2.24) is 19.6 Å². The molecule has 0 saturated carbocycles. The van der Waals surface area contributed by atoms with Crippen LogP contribution in [0.2, 0.25) is 0 Å². The fourth-order valence-corrected chi connectivity index (χ4v) is 6.18. The monoisotopic (exact) mass is 558 g/mol. The molecular weight excluding hydrogens is 516 g/mol. The van der Waals surface area contributed by atoms with E-state index < -0.39 is 17.9 Å². The number of benzene rings is 1. The molecule has 3 heterocycles. The molecular formula is C29H42N4O7. The number of urea groups is 1. The molecule has 0 aliphatic carbocycles. The highest BCUT2D eigenvalue weighted by molar-refractivity contribution is 5.96. The number of aliphatic carboxylic acids is 1. The van der Waals surface area contributed by atoms with E-state index >= 15 is 0 Å². The summed E-state index contributed by atoms with van der Waals surface area (Å²) in [5.74, 6) is -1.51. The summed E-state index contributed by atoms with van der Waals surface area (Å²) in [4.78, 5) is 57.4. The van der Waals surface area contributed by atoms with Gasteiger partial charge in [0.2, 0.25) is 11.8 Å². The molecule has 3 aliphatic rings. The maximum Gasteiger partial charge on any atom is 0.326 e. The average molecular weight is 559 g/mol. The number of likely N-dealkylation sites (tertiary alicyclic amines) is 1. The number of nitrogens with zero attached hydrogens (tertiary/aromatic N) is 4. The summed E-state index contributed by atoms with van der Waals surface area (Å²) < 4.78 is 5.65. The van der Waals surface area contributed by atoms with Crippen LogP contribution in [0.1, 0.15) is 56.1 Å². The van der Waals surface area contributed by atoms with E-state index in [0.717, 1.165) is 41.0 Å². The number of unbranched alkanes of at least 4 members (excludes halogenated alkanes) is 1. The van der Waals surface area contributed by atoms with Crippen LogP contribution in [0.3, 0.4) is 0 Å². The second-order valence-corrected chi connectivity index (χ2v) is 11.0. The van der Waals surface area contributed by atoms with Crippen molar-refractivity contribution in [3.8, 4) is 5.75 Å². The third-order valence-electron chi connectivity index (χ3n) is 8.46. The summed E-state index contributed by atoms with van der Waals surface area (Å²) in [5.41, 5.74) is 1.98. The molecule has 0 aromatic heterocycles. The number of carbonyl (C=O) groups is 4. The Morgan fingerprint density at radius 2 is 1.93 bits per heavy atom. The van der Waals surface area contributed by atoms with Crippen LogP contribution in [0.15, 0.2) is 18.2 Å². The summed E-state index contributed by atoms with van der Waals surface area (Å²) in [5, 5.41) is 19.8. The first-order valence-electron chi connectivity index (χ1n) is 14.4. The van der Waals surface area contributed by atoms with Gasteiger partial charge in [-0.25, -0.2) is 4.79 Å². The third-order valence-corrected chi connectivity index (χ3v) is 8.46. The summed E-state index contributed by atoms with van der Waals surface area (Å²) in [6.45, 7) is 4.77. The highest BCUT2D eigenvalue weighted by Crippen LogP contribution is 2.41. The first kappa shape index (κ1) is 29.8. The second-order valence-electron chi connectivity index (χ2n) is 11.0. The first-order chi connectivity index (χ1) is 19.2. The molecule has 0 spiro atoms. The molecule has 3 aliphatic heterocycles. The van der Waals surface area contributed by atoms with E-state index in [0.29, 0.717) is 52.2 Å². The van der Waals surface area contributed by atoms with Crippen LogP contribution < -0.4 is 4.74 Å². The zero-order chi connectivity index (χ0) is 28.8. The lowest BCUT2D eigenvalue weighted by Gasteiger charge is -2.34. The van der Waals surface area contributed by atoms with E-state index in [1.165, 1.54) is 7.05 Å². The maximum atomic E-state index is 13.5. The normalized spacial score (nSPS) is 22.9. The number of ether oxygens (including phenoxy) is 1. The van der Waals surface area contributed by atoms with Crippen molar-refractivity contribution in [3.63, 3.8) is 0 Å². The number of hydrogen-bond donors (Lipinski definition) is 2. The van der Waals surface area contributed by atoms with Crippen LogP contribution in [0, 0.1) is 5.92 Å². The van der Waals surface area contributed by atoms with Crippen LogP contribution in [-0.4, -0.2) is 119 Å².